The smallest absolute Gasteiger partial charge is 0.161 e. The van der Waals surface area contributed by atoms with Gasteiger partial charge in [-0.15, -0.1) is 0 Å². The summed E-state index contributed by atoms with van der Waals surface area (Å²) in [5.74, 6) is 2.26. The third-order valence-corrected chi connectivity index (χ3v) is 8.85. The van der Waals surface area contributed by atoms with Crippen molar-refractivity contribution in [3.8, 4) is 34.1 Å². The van der Waals surface area contributed by atoms with Crippen LogP contribution in [0.2, 0.25) is 0 Å². The quantitative estimate of drug-likeness (QED) is 0.311. The molecule has 0 atom stereocenters. The molecular formula is C32H39N5O2. The number of fused-ring (bicyclic) bond motifs is 1. The van der Waals surface area contributed by atoms with Crippen LogP contribution in [0, 0.1) is 12.3 Å². The fourth-order valence-corrected chi connectivity index (χ4v) is 6.30. The number of anilines is 1. The summed E-state index contributed by atoms with van der Waals surface area (Å²) in [6.07, 6.45) is 2.58. The van der Waals surface area contributed by atoms with Crippen molar-refractivity contribution >= 4 is 16.7 Å². The lowest BCUT2D eigenvalue weighted by Crippen LogP contribution is -2.62. The number of methoxy groups -OCH3 is 2. The maximum Gasteiger partial charge on any atom is 0.161 e. The molecule has 2 aromatic carbocycles. The lowest BCUT2D eigenvalue weighted by atomic mass is 9.71. The van der Waals surface area contributed by atoms with Gasteiger partial charge in [-0.2, -0.15) is 0 Å². The Labute approximate surface area is 231 Å². The fourth-order valence-electron chi connectivity index (χ4n) is 6.30. The van der Waals surface area contributed by atoms with E-state index >= 15 is 0 Å². The summed E-state index contributed by atoms with van der Waals surface area (Å²) in [6.45, 7) is 11.5. The maximum absolute atomic E-state index is 5.52. The second-order valence-electron chi connectivity index (χ2n) is 11.6. The summed E-state index contributed by atoms with van der Waals surface area (Å²) in [4.78, 5) is 15.1. The van der Waals surface area contributed by atoms with Crippen molar-refractivity contribution in [1.29, 1.82) is 0 Å². The molecule has 2 aliphatic heterocycles. The van der Waals surface area contributed by atoms with Gasteiger partial charge in [-0.1, -0.05) is 12.1 Å². The Morgan fingerprint density at radius 2 is 1.51 bits per heavy atom. The number of pyridine rings is 1. The molecule has 1 spiro atoms. The summed E-state index contributed by atoms with van der Waals surface area (Å²) in [6, 6.07) is 17.7. The molecule has 0 radical (unpaired) electrons. The molecule has 0 unspecified atom stereocenters. The average molecular weight is 526 g/mol. The van der Waals surface area contributed by atoms with Crippen LogP contribution >= 0.6 is 0 Å². The molecule has 0 saturated carbocycles. The van der Waals surface area contributed by atoms with Gasteiger partial charge >= 0.3 is 0 Å². The Balaban J connectivity index is 1.22. The Kier molecular flexibility index (Phi) is 6.50. The number of rotatable bonds is 6. The van der Waals surface area contributed by atoms with E-state index in [9.17, 15) is 0 Å². The van der Waals surface area contributed by atoms with E-state index in [-0.39, 0.29) is 0 Å². The van der Waals surface area contributed by atoms with Gasteiger partial charge in [0.15, 0.2) is 11.5 Å². The van der Waals surface area contributed by atoms with E-state index in [0.29, 0.717) is 23.0 Å². The van der Waals surface area contributed by atoms with Crippen LogP contribution in [0.5, 0.6) is 11.5 Å². The van der Waals surface area contributed by atoms with Gasteiger partial charge in [-0.05, 0) is 75.4 Å². The minimum Gasteiger partial charge on any atom is -0.493 e. The van der Waals surface area contributed by atoms with E-state index < -0.39 is 0 Å². The number of hydrogen-bond donors (Lipinski definition) is 0. The van der Waals surface area contributed by atoms with Crippen LogP contribution in [-0.4, -0.2) is 65.9 Å². The summed E-state index contributed by atoms with van der Waals surface area (Å²) in [5.41, 5.74) is 7.82. The van der Waals surface area contributed by atoms with E-state index in [4.69, 9.17) is 19.4 Å². The van der Waals surface area contributed by atoms with Gasteiger partial charge in [0.1, 0.15) is 11.3 Å². The largest absolute Gasteiger partial charge is 0.493 e. The van der Waals surface area contributed by atoms with Crippen molar-refractivity contribution in [3.05, 3.63) is 54.2 Å². The van der Waals surface area contributed by atoms with Crippen LogP contribution in [0.1, 0.15) is 32.4 Å². The number of likely N-dealkylation sites (tertiary alicyclic amines) is 1. The molecule has 39 heavy (non-hydrogen) atoms. The van der Waals surface area contributed by atoms with Crippen LogP contribution in [0.15, 0.2) is 48.5 Å². The first-order valence-electron chi connectivity index (χ1n) is 14.0. The first kappa shape index (κ1) is 25.7. The van der Waals surface area contributed by atoms with Gasteiger partial charge in [-0.3, -0.25) is 9.88 Å². The number of hydrogen-bond acceptors (Lipinski definition) is 6. The predicted octanol–water partition coefficient (Wildman–Crippen LogP) is 5.94. The van der Waals surface area contributed by atoms with Gasteiger partial charge in [0, 0.05) is 56.1 Å². The standard InChI is InChI=1S/C32H39N5O2/c1-21(2)37-19-32(20-37)13-15-36(16-14-32)25-10-7-23(8-11-25)26-18-27-30(22(3)33-26)34-31(35(27)4)24-9-12-28(38-5)29(17-24)39-6/h7-12,17-18,21H,13-16,19-20H2,1-6H3. The summed E-state index contributed by atoms with van der Waals surface area (Å²) >= 11 is 0. The maximum atomic E-state index is 5.52. The van der Waals surface area contributed by atoms with Gasteiger partial charge in [0.05, 0.1) is 31.1 Å². The lowest BCUT2D eigenvalue weighted by molar-refractivity contribution is -0.0380. The van der Waals surface area contributed by atoms with Crippen molar-refractivity contribution in [2.75, 3.05) is 45.3 Å². The number of nitrogens with zero attached hydrogens (tertiary/aromatic N) is 5. The summed E-state index contributed by atoms with van der Waals surface area (Å²) < 4.78 is 13.1. The normalized spacial score (nSPS) is 17.2. The van der Waals surface area contributed by atoms with E-state index in [1.54, 1.807) is 14.2 Å². The SMILES string of the molecule is COc1ccc(-c2nc3c(C)nc(-c4ccc(N5CCC6(CC5)CN(C(C)C)C6)cc4)cc3n2C)cc1OC. The second kappa shape index (κ2) is 9.87. The highest BCUT2D eigenvalue weighted by Crippen LogP contribution is 2.42. The summed E-state index contributed by atoms with van der Waals surface area (Å²) in [5, 5.41) is 0. The zero-order valence-corrected chi connectivity index (χ0v) is 24.0. The number of ether oxygens (including phenoxy) is 2. The van der Waals surface area contributed by atoms with Crippen molar-refractivity contribution in [1.82, 2.24) is 19.4 Å². The van der Waals surface area contributed by atoms with E-state index in [1.165, 1.54) is 31.6 Å². The lowest BCUT2D eigenvalue weighted by Gasteiger charge is -2.56. The van der Waals surface area contributed by atoms with Gasteiger partial charge in [0.25, 0.3) is 0 Å². The molecule has 2 saturated heterocycles. The summed E-state index contributed by atoms with van der Waals surface area (Å²) in [7, 11) is 5.35. The van der Waals surface area contributed by atoms with Crippen LogP contribution < -0.4 is 14.4 Å². The highest BCUT2D eigenvalue weighted by Gasteiger charge is 2.45. The van der Waals surface area contributed by atoms with E-state index in [0.717, 1.165) is 52.5 Å². The molecule has 0 amide bonds. The monoisotopic (exact) mass is 525 g/mol. The molecule has 7 heteroatoms. The third kappa shape index (κ3) is 4.52. The van der Waals surface area contributed by atoms with Gasteiger partial charge < -0.3 is 18.9 Å². The number of piperidine rings is 1. The first-order chi connectivity index (χ1) is 18.8. The molecule has 2 aliphatic rings. The molecule has 7 nitrogen and oxygen atoms in total. The molecule has 0 aliphatic carbocycles. The van der Waals surface area contributed by atoms with Gasteiger partial charge in [-0.25, -0.2) is 4.98 Å². The molecule has 4 heterocycles. The van der Waals surface area contributed by atoms with E-state index in [1.807, 2.05) is 25.1 Å². The predicted molar refractivity (Wildman–Crippen MR) is 158 cm³/mol. The minimum atomic E-state index is 0.552. The van der Waals surface area contributed by atoms with Crippen LogP contribution in [0.4, 0.5) is 5.69 Å². The molecule has 0 N–H and O–H groups in total. The highest BCUT2D eigenvalue weighted by molar-refractivity contribution is 5.86. The average Bonchev–Trinajstić information content (AvgIpc) is 3.28. The number of aryl methyl sites for hydroxylation is 2. The molecule has 0 bridgehead atoms. The topological polar surface area (TPSA) is 55.7 Å². The molecule has 2 aromatic heterocycles. The number of imidazole rings is 1. The van der Waals surface area contributed by atoms with Crippen LogP contribution in [0.3, 0.4) is 0 Å². The molecule has 4 aromatic rings. The molecule has 2 fully saturated rings. The molecule has 204 valence electrons. The fraction of sp³-hybridized carbons (Fsp3) is 0.438. The molecule has 6 rings (SSSR count). The number of aromatic nitrogens is 3. The van der Waals surface area contributed by atoms with Crippen LogP contribution in [-0.2, 0) is 7.05 Å². The first-order valence-corrected chi connectivity index (χ1v) is 14.0. The minimum absolute atomic E-state index is 0.552. The van der Waals surface area contributed by atoms with Crippen molar-refractivity contribution in [2.45, 2.75) is 39.7 Å². The zero-order valence-electron chi connectivity index (χ0n) is 24.0. The zero-order chi connectivity index (χ0) is 27.3. The Hall–Kier alpha value is -3.58. The number of benzene rings is 2. The van der Waals surface area contributed by atoms with Crippen molar-refractivity contribution in [3.63, 3.8) is 0 Å². The third-order valence-electron chi connectivity index (χ3n) is 8.85. The van der Waals surface area contributed by atoms with Crippen molar-refractivity contribution < 1.29 is 9.47 Å². The van der Waals surface area contributed by atoms with E-state index in [2.05, 4.69) is 65.6 Å². The highest BCUT2D eigenvalue weighted by atomic mass is 16.5. The second-order valence-corrected chi connectivity index (χ2v) is 11.6. The van der Waals surface area contributed by atoms with Crippen molar-refractivity contribution in [2.24, 2.45) is 12.5 Å². The Morgan fingerprint density at radius 3 is 2.15 bits per heavy atom. The van der Waals surface area contributed by atoms with Crippen LogP contribution in [0.25, 0.3) is 33.7 Å². The Bertz CT molecular complexity index is 1490. The molecular weight excluding hydrogens is 486 g/mol. The van der Waals surface area contributed by atoms with Gasteiger partial charge in [0.2, 0.25) is 0 Å². The Morgan fingerprint density at radius 1 is 0.846 bits per heavy atom.